The smallest absolute Gasteiger partial charge is 0.265 e. The van der Waals surface area contributed by atoms with Crippen LogP contribution in [0.15, 0.2) is 41.4 Å². The number of hydrogen-bond donors (Lipinski definition) is 1. The number of hydrogen-bond acceptors (Lipinski definition) is 3. The van der Waals surface area contributed by atoms with E-state index in [2.05, 4.69) is 9.82 Å². The van der Waals surface area contributed by atoms with Crippen LogP contribution < -0.4 is 4.72 Å². The van der Waals surface area contributed by atoms with Gasteiger partial charge in [-0.1, -0.05) is 18.2 Å². The molecular formula is C11H13N3O2S. The second kappa shape index (κ2) is 4.21. The molecule has 2 aromatic rings. The molecule has 5 nitrogen and oxygen atoms in total. The molecule has 0 aliphatic carbocycles. The Morgan fingerprint density at radius 3 is 2.41 bits per heavy atom. The van der Waals surface area contributed by atoms with Crippen molar-refractivity contribution >= 4 is 15.7 Å². The fraction of sp³-hybridized carbons (Fsp3) is 0.182. The second-order valence-corrected chi connectivity index (χ2v) is 5.37. The van der Waals surface area contributed by atoms with Crippen molar-refractivity contribution in [3.63, 3.8) is 0 Å². The number of para-hydroxylation sites is 1. The Morgan fingerprint density at radius 1 is 1.24 bits per heavy atom. The van der Waals surface area contributed by atoms with Crippen LogP contribution in [-0.2, 0) is 17.1 Å². The average molecular weight is 251 g/mol. The Balaban J connectivity index is 2.35. The van der Waals surface area contributed by atoms with Crippen LogP contribution in [0.3, 0.4) is 0 Å². The molecule has 1 aromatic carbocycles. The van der Waals surface area contributed by atoms with Crippen LogP contribution in [0.1, 0.15) is 5.69 Å². The highest BCUT2D eigenvalue weighted by atomic mass is 32.2. The number of nitrogens with one attached hydrogen (secondary N) is 1. The van der Waals surface area contributed by atoms with Crippen LogP contribution in [0.25, 0.3) is 0 Å². The molecule has 6 heteroatoms. The van der Waals surface area contributed by atoms with Crippen molar-refractivity contribution in [2.45, 2.75) is 11.8 Å². The maximum absolute atomic E-state index is 12.1. The van der Waals surface area contributed by atoms with Crippen LogP contribution in [0.4, 0.5) is 5.69 Å². The van der Waals surface area contributed by atoms with Gasteiger partial charge in [-0.3, -0.25) is 9.40 Å². The van der Waals surface area contributed by atoms with Gasteiger partial charge in [0.2, 0.25) is 0 Å². The fourth-order valence-corrected chi connectivity index (χ4v) is 2.84. The van der Waals surface area contributed by atoms with Crippen LogP contribution in [-0.4, -0.2) is 18.2 Å². The molecule has 0 bridgehead atoms. The topological polar surface area (TPSA) is 64.0 Å². The third-order valence-electron chi connectivity index (χ3n) is 2.28. The van der Waals surface area contributed by atoms with E-state index in [1.807, 2.05) is 6.07 Å². The van der Waals surface area contributed by atoms with E-state index in [-0.39, 0.29) is 4.90 Å². The number of nitrogens with zero attached hydrogens (tertiary/aromatic N) is 2. The molecule has 1 heterocycles. The standard InChI is InChI=1S/C11H13N3O2S/c1-9-11(8-14(2)12-9)17(15,16)13-10-6-4-3-5-7-10/h3-8,13H,1-2H3. The summed E-state index contributed by atoms with van der Waals surface area (Å²) in [5, 5.41) is 4.02. The number of sulfonamides is 1. The molecule has 0 aliphatic heterocycles. The monoisotopic (exact) mass is 251 g/mol. The van der Waals surface area contributed by atoms with Crippen molar-refractivity contribution in [3.8, 4) is 0 Å². The van der Waals surface area contributed by atoms with E-state index < -0.39 is 10.0 Å². The zero-order valence-electron chi connectivity index (χ0n) is 9.58. The number of benzene rings is 1. The zero-order chi connectivity index (χ0) is 12.5. The van der Waals surface area contributed by atoms with Gasteiger partial charge in [0, 0.05) is 18.9 Å². The molecule has 1 N–H and O–H groups in total. The molecule has 90 valence electrons. The van der Waals surface area contributed by atoms with Crippen LogP contribution >= 0.6 is 0 Å². The van der Waals surface area contributed by atoms with E-state index >= 15 is 0 Å². The van der Waals surface area contributed by atoms with Gasteiger partial charge in [-0.05, 0) is 19.1 Å². The van der Waals surface area contributed by atoms with Gasteiger partial charge in [0.05, 0.1) is 5.69 Å². The quantitative estimate of drug-likeness (QED) is 0.899. The van der Waals surface area contributed by atoms with Crippen molar-refractivity contribution in [1.82, 2.24) is 9.78 Å². The van der Waals surface area contributed by atoms with Gasteiger partial charge in [-0.25, -0.2) is 8.42 Å². The van der Waals surface area contributed by atoms with E-state index in [0.29, 0.717) is 11.4 Å². The predicted molar refractivity (Wildman–Crippen MR) is 65.2 cm³/mol. The molecule has 0 spiro atoms. The highest BCUT2D eigenvalue weighted by Gasteiger charge is 2.19. The van der Waals surface area contributed by atoms with Crippen LogP contribution in [0, 0.1) is 6.92 Å². The minimum atomic E-state index is -3.56. The number of anilines is 1. The molecule has 0 unspecified atom stereocenters. The van der Waals surface area contributed by atoms with Crippen molar-refractivity contribution in [2.24, 2.45) is 7.05 Å². The lowest BCUT2D eigenvalue weighted by Crippen LogP contribution is -2.13. The average Bonchev–Trinajstić information content (AvgIpc) is 2.59. The largest absolute Gasteiger partial charge is 0.280 e. The summed E-state index contributed by atoms with van der Waals surface area (Å²) in [6, 6.07) is 8.77. The first-order valence-corrected chi connectivity index (χ1v) is 6.55. The van der Waals surface area contributed by atoms with Crippen molar-refractivity contribution in [3.05, 3.63) is 42.2 Å². The summed E-state index contributed by atoms with van der Waals surface area (Å²) < 4.78 is 28.1. The van der Waals surface area contributed by atoms with Crippen LogP contribution in [0.2, 0.25) is 0 Å². The molecular weight excluding hydrogens is 238 g/mol. The molecule has 0 atom stereocenters. The van der Waals surface area contributed by atoms with E-state index in [1.54, 1.807) is 38.2 Å². The zero-order valence-corrected chi connectivity index (χ0v) is 10.4. The summed E-state index contributed by atoms with van der Waals surface area (Å²) in [4.78, 5) is 0.198. The summed E-state index contributed by atoms with van der Waals surface area (Å²) in [5.41, 5.74) is 1.02. The van der Waals surface area contributed by atoms with Gasteiger partial charge in [0.1, 0.15) is 4.90 Å². The number of rotatable bonds is 3. The Morgan fingerprint density at radius 2 is 1.88 bits per heavy atom. The molecule has 0 aliphatic rings. The van der Waals surface area contributed by atoms with Gasteiger partial charge in [0.15, 0.2) is 0 Å². The molecule has 0 radical (unpaired) electrons. The maximum Gasteiger partial charge on any atom is 0.265 e. The summed E-state index contributed by atoms with van der Waals surface area (Å²) in [6.45, 7) is 1.67. The lowest BCUT2D eigenvalue weighted by molar-refractivity contribution is 0.600. The molecule has 0 fully saturated rings. The predicted octanol–water partition coefficient (Wildman–Crippen LogP) is 1.53. The third-order valence-corrected chi connectivity index (χ3v) is 3.77. The highest BCUT2D eigenvalue weighted by molar-refractivity contribution is 7.92. The minimum Gasteiger partial charge on any atom is -0.280 e. The van der Waals surface area contributed by atoms with Gasteiger partial charge in [-0.2, -0.15) is 5.10 Å². The van der Waals surface area contributed by atoms with Gasteiger partial charge >= 0.3 is 0 Å². The van der Waals surface area contributed by atoms with Gasteiger partial charge in [-0.15, -0.1) is 0 Å². The Bertz CT molecular complexity index is 617. The van der Waals surface area contributed by atoms with E-state index in [4.69, 9.17) is 0 Å². The second-order valence-electron chi connectivity index (χ2n) is 3.72. The van der Waals surface area contributed by atoms with E-state index in [1.165, 1.54) is 10.9 Å². The van der Waals surface area contributed by atoms with Crippen molar-refractivity contribution in [2.75, 3.05) is 4.72 Å². The summed E-state index contributed by atoms with van der Waals surface area (Å²) in [5.74, 6) is 0. The molecule has 1 aromatic heterocycles. The normalized spacial score (nSPS) is 11.4. The summed E-state index contributed by atoms with van der Waals surface area (Å²) in [7, 11) is -1.87. The minimum absolute atomic E-state index is 0.198. The summed E-state index contributed by atoms with van der Waals surface area (Å²) in [6.07, 6.45) is 1.49. The van der Waals surface area contributed by atoms with Crippen LogP contribution in [0.5, 0.6) is 0 Å². The highest BCUT2D eigenvalue weighted by Crippen LogP contribution is 2.17. The molecule has 0 amide bonds. The first-order valence-electron chi connectivity index (χ1n) is 5.07. The van der Waals surface area contributed by atoms with Crippen molar-refractivity contribution < 1.29 is 8.42 Å². The van der Waals surface area contributed by atoms with Gasteiger partial charge < -0.3 is 0 Å². The SMILES string of the molecule is Cc1nn(C)cc1S(=O)(=O)Nc1ccccc1. The Labute approximate surface area is 100 Å². The molecule has 17 heavy (non-hydrogen) atoms. The molecule has 0 saturated carbocycles. The first-order chi connectivity index (χ1) is 7.99. The Hall–Kier alpha value is -1.82. The lowest BCUT2D eigenvalue weighted by Gasteiger charge is -2.06. The first kappa shape index (κ1) is 11.7. The summed E-state index contributed by atoms with van der Waals surface area (Å²) >= 11 is 0. The molecule has 0 saturated heterocycles. The van der Waals surface area contributed by atoms with Gasteiger partial charge in [0.25, 0.3) is 10.0 Å². The number of aromatic nitrogens is 2. The lowest BCUT2D eigenvalue weighted by atomic mass is 10.3. The van der Waals surface area contributed by atoms with Crippen molar-refractivity contribution in [1.29, 1.82) is 0 Å². The fourth-order valence-electron chi connectivity index (χ4n) is 1.56. The molecule has 2 rings (SSSR count). The maximum atomic E-state index is 12.1. The van der Waals surface area contributed by atoms with E-state index in [9.17, 15) is 8.42 Å². The van der Waals surface area contributed by atoms with E-state index in [0.717, 1.165) is 0 Å². The number of aryl methyl sites for hydroxylation is 2. The Kier molecular flexibility index (Phi) is 2.89. The third kappa shape index (κ3) is 2.47.